The van der Waals surface area contributed by atoms with Gasteiger partial charge in [-0.3, -0.25) is 4.79 Å². The van der Waals surface area contributed by atoms with Crippen LogP contribution in [-0.2, 0) is 0 Å². The molecule has 0 aliphatic heterocycles. The summed E-state index contributed by atoms with van der Waals surface area (Å²) < 4.78 is 2.50. The lowest BCUT2D eigenvalue weighted by atomic mass is 10.2. The summed E-state index contributed by atoms with van der Waals surface area (Å²) >= 11 is 3.40. The van der Waals surface area contributed by atoms with Gasteiger partial charge in [-0.25, -0.2) is 4.68 Å². The average molecular weight is 357 g/mol. The second-order valence-electron chi connectivity index (χ2n) is 4.85. The number of carbonyl (C=O) groups excluding carboxylic acids is 1. The summed E-state index contributed by atoms with van der Waals surface area (Å²) in [5.41, 5.74) is 2.96. The van der Waals surface area contributed by atoms with Gasteiger partial charge in [0.25, 0.3) is 5.91 Å². The van der Waals surface area contributed by atoms with Crippen LogP contribution in [0.15, 0.2) is 59.2 Å². The summed E-state index contributed by atoms with van der Waals surface area (Å²) in [5, 5.41) is 10.7. The van der Waals surface area contributed by atoms with Crippen LogP contribution in [0.3, 0.4) is 0 Å². The van der Waals surface area contributed by atoms with E-state index in [-0.39, 0.29) is 11.6 Å². The van der Waals surface area contributed by atoms with Crippen molar-refractivity contribution in [2.24, 2.45) is 0 Å². The highest BCUT2D eigenvalue weighted by atomic mass is 79.9. The van der Waals surface area contributed by atoms with E-state index < -0.39 is 0 Å². The molecular formula is C16H13BrN4O. The van der Waals surface area contributed by atoms with E-state index in [0.29, 0.717) is 0 Å². The fourth-order valence-corrected chi connectivity index (χ4v) is 2.33. The Bertz CT molecular complexity index is 811. The molecule has 0 bridgehead atoms. The Balaban J connectivity index is 1.78. The van der Waals surface area contributed by atoms with Gasteiger partial charge in [0.05, 0.1) is 11.9 Å². The number of hydrogen-bond donors (Lipinski definition) is 1. The smallest absolute Gasteiger partial charge is 0.277 e. The zero-order valence-electron chi connectivity index (χ0n) is 11.8. The van der Waals surface area contributed by atoms with Gasteiger partial charge < -0.3 is 5.32 Å². The van der Waals surface area contributed by atoms with Crippen LogP contribution in [0.2, 0.25) is 0 Å². The number of amides is 1. The Hall–Kier alpha value is -2.47. The normalized spacial score (nSPS) is 10.5. The first-order valence-electron chi connectivity index (χ1n) is 6.68. The number of aromatic nitrogens is 3. The van der Waals surface area contributed by atoms with Crippen molar-refractivity contribution < 1.29 is 4.79 Å². The zero-order valence-corrected chi connectivity index (χ0v) is 13.4. The maximum atomic E-state index is 12.2. The van der Waals surface area contributed by atoms with Crippen LogP contribution in [0.25, 0.3) is 5.69 Å². The number of hydrogen-bond acceptors (Lipinski definition) is 3. The van der Waals surface area contributed by atoms with Crippen LogP contribution < -0.4 is 5.32 Å². The SMILES string of the molecule is Cc1ccc(NC(=O)c2cn(-c3cccc(Br)c3)nn2)cc1. The Kier molecular flexibility index (Phi) is 4.02. The molecule has 6 heteroatoms. The number of anilines is 1. The fourth-order valence-electron chi connectivity index (χ4n) is 1.94. The third kappa shape index (κ3) is 3.23. The number of halogens is 1. The monoisotopic (exact) mass is 356 g/mol. The Labute approximate surface area is 136 Å². The topological polar surface area (TPSA) is 59.8 Å². The number of benzene rings is 2. The molecule has 1 aromatic heterocycles. The van der Waals surface area contributed by atoms with E-state index in [0.717, 1.165) is 21.4 Å². The molecule has 0 aliphatic carbocycles. The standard InChI is InChI=1S/C16H13BrN4O/c1-11-5-7-13(8-6-11)18-16(22)15-10-21(20-19-15)14-4-2-3-12(17)9-14/h2-10H,1H3,(H,18,22). The minimum Gasteiger partial charge on any atom is -0.321 e. The van der Waals surface area contributed by atoms with Crippen molar-refractivity contribution >= 4 is 27.5 Å². The summed E-state index contributed by atoms with van der Waals surface area (Å²) in [7, 11) is 0. The van der Waals surface area contributed by atoms with Crippen molar-refractivity contribution in [1.29, 1.82) is 0 Å². The molecule has 3 aromatic rings. The summed E-state index contributed by atoms with van der Waals surface area (Å²) in [6.45, 7) is 2.00. The van der Waals surface area contributed by atoms with Gasteiger partial charge in [-0.05, 0) is 37.3 Å². The second kappa shape index (κ2) is 6.11. The van der Waals surface area contributed by atoms with Crippen LogP contribution in [0.4, 0.5) is 5.69 Å². The van der Waals surface area contributed by atoms with Gasteiger partial charge in [0.1, 0.15) is 0 Å². The lowest BCUT2D eigenvalue weighted by Gasteiger charge is -2.02. The van der Waals surface area contributed by atoms with Crippen molar-refractivity contribution in [3.63, 3.8) is 0 Å². The molecule has 22 heavy (non-hydrogen) atoms. The van der Waals surface area contributed by atoms with Gasteiger partial charge in [-0.1, -0.05) is 44.9 Å². The lowest BCUT2D eigenvalue weighted by molar-refractivity contribution is 0.102. The van der Waals surface area contributed by atoms with E-state index in [4.69, 9.17) is 0 Å². The van der Waals surface area contributed by atoms with E-state index >= 15 is 0 Å². The number of rotatable bonds is 3. The molecule has 0 fully saturated rings. The van der Waals surface area contributed by atoms with Crippen molar-refractivity contribution in [3.8, 4) is 5.69 Å². The predicted octanol–water partition coefficient (Wildman–Crippen LogP) is 3.59. The molecule has 0 atom stereocenters. The van der Waals surface area contributed by atoms with Crippen LogP contribution >= 0.6 is 15.9 Å². The summed E-state index contributed by atoms with van der Waals surface area (Å²) in [5.74, 6) is -0.287. The lowest BCUT2D eigenvalue weighted by Crippen LogP contribution is -2.12. The molecule has 0 unspecified atom stereocenters. The molecule has 0 radical (unpaired) electrons. The van der Waals surface area contributed by atoms with Crippen LogP contribution in [-0.4, -0.2) is 20.9 Å². The largest absolute Gasteiger partial charge is 0.321 e. The number of nitrogens with zero attached hydrogens (tertiary/aromatic N) is 3. The Morgan fingerprint density at radius 1 is 1.18 bits per heavy atom. The summed E-state index contributed by atoms with van der Waals surface area (Å²) in [6.07, 6.45) is 1.60. The average Bonchev–Trinajstić information content (AvgIpc) is 3.00. The first-order valence-corrected chi connectivity index (χ1v) is 7.47. The molecule has 0 aliphatic rings. The molecule has 5 nitrogen and oxygen atoms in total. The van der Waals surface area contributed by atoms with Gasteiger partial charge in [0.15, 0.2) is 5.69 Å². The van der Waals surface area contributed by atoms with Crippen LogP contribution in [0, 0.1) is 6.92 Å². The first kappa shape index (κ1) is 14.5. The van der Waals surface area contributed by atoms with E-state index in [1.54, 1.807) is 10.9 Å². The minimum absolute atomic E-state index is 0.264. The molecule has 3 rings (SSSR count). The maximum absolute atomic E-state index is 12.2. The molecule has 0 saturated heterocycles. The summed E-state index contributed by atoms with van der Waals surface area (Å²) in [4.78, 5) is 12.2. The van der Waals surface area contributed by atoms with Crippen molar-refractivity contribution in [2.45, 2.75) is 6.92 Å². The second-order valence-corrected chi connectivity index (χ2v) is 5.76. The highest BCUT2D eigenvalue weighted by molar-refractivity contribution is 9.10. The van der Waals surface area contributed by atoms with Gasteiger partial charge in [-0.15, -0.1) is 5.10 Å². The van der Waals surface area contributed by atoms with Gasteiger partial charge in [-0.2, -0.15) is 0 Å². The van der Waals surface area contributed by atoms with Gasteiger partial charge in [0.2, 0.25) is 0 Å². The van der Waals surface area contributed by atoms with Crippen LogP contribution in [0.5, 0.6) is 0 Å². The third-order valence-electron chi connectivity index (χ3n) is 3.11. The number of nitrogens with one attached hydrogen (secondary N) is 1. The highest BCUT2D eigenvalue weighted by Crippen LogP contribution is 2.15. The van der Waals surface area contributed by atoms with Crippen LogP contribution in [0.1, 0.15) is 16.1 Å². The number of aryl methyl sites for hydroxylation is 1. The third-order valence-corrected chi connectivity index (χ3v) is 3.60. The fraction of sp³-hybridized carbons (Fsp3) is 0.0625. The van der Waals surface area contributed by atoms with E-state index in [9.17, 15) is 4.79 Å². The molecule has 0 saturated carbocycles. The highest BCUT2D eigenvalue weighted by Gasteiger charge is 2.12. The predicted molar refractivity (Wildman–Crippen MR) is 88.2 cm³/mol. The molecule has 2 aromatic carbocycles. The van der Waals surface area contributed by atoms with Crippen molar-refractivity contribution in [2.75, 3.05) is 5.32 Å². The first-order chi connectivity index (χ1) is 10.6. The van der Waals surface area contributed by atoms with E-state index in [1.165, 1.54) is 0 Å². The molecule has 110 valence electrons. The Morgan fingerprint density at radius 3 is 2.68 bits per heavy atom. The Morgan fingerprint density at radius 2 is 1.95 bits per heavy atom. The van der Waals surface area contributed by atoms with Gasteiger partial charge >= 0.3 is 0 Å². The van der Waals surface area contributed by atoms with E-state index in [2.05, 4.69) is 31.6 Å². The number of carbonyl (C=O) groups is 1. The molecular weight excluding hydrogens is 344 g/mol. The quantitative estimate of drug-likeness (QED) is 0.779. The molecule has 1 heterocycles. The zero-order chi connectivity index (χ0) is 15.5. The van der Waals surface area contributed by atoms with Crippen molar-refractivity contribution in [1.82, 2.24) is 15.0 Å². The van der Waals surface area contributed by atoms with Crippen molar-refractivity contribution in [3.05, 3.63) is 70.5 Å². The van der Waals surface area contributed by atoms with Gasteiger partial charge in [0, 0.05) is 10.2 Å². The molecule has 0 spiro atoms. The maximum Gasteiger partial charge on any atom is 0.277 e. The molecule has 1 amide bonds. The van der Waals surface area contributed by atoms with E-state index in [1.807, 2.05) is 55.5 Å². The minimum atomic E-state index is -0.287. The molecule has 1 N–H and O–H groups in total. The summed E-state index contributed by atoms with van der Waals surface area (Å²) in [6, 6.07) is 15.2.